The van der Waals surface area contributed by atoms with Gasteiger partial charge in [-0.15, -0.1) is 0 Å². The first-order valence-electron chi connectivity index (χ1n) is 13.0. The molecule has 0 spiro atoms. The molecule has 0 saturated carbocycles. The Morgan fingerprint density at radius 1 is 0.235 bits per heavy atom. The lowest BCUT2D eigenvalue weighted by molar-refractivity contribution is 0.275. The SMILES string of the molecule is OCCCCCCCCO.OCCCCCCCCO.OCCCCCCCCO.OP(O)O. The van der Waals surface area contributed by atoms with E-state index in [1.54, 1.807) is 0 Å². The summed E-state index contributed by atoms with van der Waals surface area (Å²) >= 11 is 0. The van der Waals surface area contributed by atoms with Gasteiger partial charge in [0.05, 0.1) is 0 Å². The molecular weight excluding hydrogens is 463 g/mol. The highest BCUT2D eigenvalue weighted by molar-refractivity contribution is 7.38. The van der Waals surface area contributed by atoms with Gasteiger partial charge in [0.25, 0.3) is 0 Å². The Bertz CT molecular complexity index is 224. The average Bonchev–Trinajstić information content (AvgIpc) is 2.81. The van der Waals surface area contributed by atoms with Gasteiger partial charge in [-0.3, -0.25) is 0 Å². The summed E-state index contributed by atoms with van der Waals surface area (Å²) in [6, 6.07) is 0. The molecule has 212 valence electrons. The maximum absolute atomic E-state index is 8.43. The van der Waals surface area contributed by atoms with E-state index in [1.165, 1.54) is 38.5 Å². The van der Waals surface area contributed by atoms with Crippen LogP contribution in [0.2, 0.25) is 0 Å². The van der Waals surface area contributed by atoms with Crippen molar-refractivity contribution in [1.29, 1.82) is 0 Å². The second kappa shape index (κ2) is 46.4. The van der Waals surface area contributed by atoms with E-state index in [4.69, 9.17) is 45.3 Å². The molecular formula is C24H57O9P. The molecule has 0 aliphatic carbocycles. The maximum atomic E-state index is 8.43. The molecule has 0 aliphatic rings. The molecule has 0 atom stereocenters. The second-order valence-corrected chi connectivity index (χ2v) is 8.51. The van der Waals surface area contributed by atoms with Gasteiger partial charge in [0.1, 0.15) is 0 Å². The minimum Gasteiger partial charge on any atom is -0.396 e. The first kappa shape index (κ1) is 41.2. The molecule has 0 aliphatic heterocycles. The van der Waals surface area contributed by atoms with Crippen molar-refractivity contribution >= 4 is 8.60 Å². The normalized spacial score (nSPS) is 10.1. The molecule has 0 bridgehead atoms. The van der Waals surface area contributed by atoms with Gasteiger partial charge in [-0.1, -0.05) is 77.0 Å². The molecule has 0 amide bonds. The number of hydrogen-bond donors (Lipinski definition) is 9. The van der Waals surface area contributed by atoms with E-state index < -0.39 is 8.60 Å². The van der Waals surface area contributed by atoms with Crippen molar-refractivity contribution in [2.45, 2.75) is 116 Å². The quantitative estimate of drug-likeness (QED) is 0.0811. The zero-order chi connectivity index (χ0) is 26.5. The molecule has 0 aromatic heterocycles. The zero-order valence-corrected chi connectivity index (χ0v) is 22.3. The number of unbranched alkanes of at least 4 members (excludes halogenated alkanes) is 15. The summed E-state index contributed by atoms with van der Waals surface area (Å²) in [6.07, 6.45) is 19.5. The van der Waals surface area contributed by atoms with Crippen LogP contribution in [0.1, 0.15) is 116 Å². The molecule has 10 heteroatoms. The van der Waals surface area contributed by atoms with Crippen LogP contribution in [0.25, 0.3) is 0 Å². The minimum absolute atomic E-state index is 0.319. The summed E-state index contributed by atoms with van der Waals surface area (Å²) < 4.78 is 0. The zero-order valence-electron chi connectivity index (χ0n) is 21.4. The molecule has 0 saturated heterocycles. The Kier molecular flexibility index (Phi) is 56.3. The fraction of sp³-hybridized carbons (Fsp3) is 1.00. The second-order valence-electron chi connectivity index (χ2n) is 7.97. The van der Waals surface area contributed by atoms with Crippen LogP contribution in [0.3, 0.4) is 0 Å². The van der Waals surface area contributed by atoms with Crippen LogP contribution in [0.15, 0.2) is 0 Å². The standard InChI is InChI=1S/3C8H18O2.H3O3P/c3*9-7-5-3-1-2-4-6-8-10;1-4(2)3/h3*9-10H,1-8H2;1-3H. The summed E-state index contributed by atoms with van der Waals surface area (Å²) in [7, 11) is -2.62. The Balaban J connectivity index is -0.000000184. The van der Waals surface area contributed by atoms with E-state index in [-0.39, 0.29) is 0 Å². The number of hydrogen-bond acceptors (Lipinski definition) is 9. The van der Waals surface area contributed by atoms with E-state index >= 15 is 0 Å². The fourth-order valence-corrected chi connectivity index (χ4v) is 2.79. The van der Waals surface area contributed by atoms with Crippen LogP contribution in [-0.4, -0.2) is 85.0 Å². The van der Waals surface area contributed by atoms with Crippen LogP contribution in [-0.2, 0) is 0 Å². The molecule has 0 fully saturated rings. The van der Waals surface area contributed by atoms with Crippen molar-refractivity contribution in [2.75, 3.05) is 39.6 Å². The molecule has 0 aromatic rings. The van der Waals surface area contributed by atoms with Gasteiger partial charge in [0.2, 0.25) is 0 Å². The van der Waals surface area contributed by atoms with E-state index in [9.17, 15) is 0 Å². The summed E-state index contributed by atoms with van der Waals surface area (Å²) in [5, 5.41) is 50.6. The fourth-order valence-electron chi connectivity index (χ4n) is 2.79. The third kappa shape index (κ3) is 69.7. The summed E-state index contributed by atoms with van der Waals surface area (Å²) in [6.45, 7) is 1.92. The molecule has 9 N–H and O–H groups in total. The first-order chi connectivity index (χ1) is 16.5. The highest BCUT2D eigenvalue weighted by Crippen LogP contribution is 2.11. The molecule has 0 heterocycles. The average molecular weight is 521 g/mol. The van der Waals surface area contributed by atoms with Gasteiger partial charge < -0.3 is 45.3 Å². The number of rotatable bonds is 21. The predicted molar refractivity (Wildman–Crippen MR) is 139 cm³/mol. The highest BCUT2D eigenvalue weighted by Gasteiger charge is 1.90. The molecule has 9 nitrogen and oxygen atoms in total. The van der Waals surface area contributed by atoms with Crippen molar-refractivity contribution < 1.29 is 45.3 Å². The van der Waals surface area contributed by atoms with Crippen molar-refractivity contribution in [3.63, 3.8) is 0 Å². The molecule has 0 unspecified atom stereocenters. The van der Waals surface area contributed by atoms with E-state index in [1.807, 2.05) is 0 Å². The summed E-state index contributed by atoms with van der Waals surface area (Å²) in [4.78, 5) is 21.7. The third-order valence-electron chi connectivity index (χ3n) is 4.70. The van der Waals surface area contributed by atoms with Gasteiger partial charge in [-0.2, -0.15) is 0 Å². The Morgan fingerprint density at radius 2 is 0.324 bits per heavy atom. The van der Waals surface area contributed by atoms with Crippen LogP contribution in [0.4, 0.5) is 0 Å². The smallest absolute Gasteiger partial charge is 0.324 e. The van der Waals surface area contributed by atoms with E-state index in [0.717, 1.165) is 77.0 Å². The van der Waals surface area contributed by atoms with Crippen molar-refractivity contribution in [3.05, 3.63) is 0 Å². The van der Waals surface area contributed by atoms with Crippen molar-refractivity contribution in [3.8, 4) is 0 Å². The van der Waals surface area contributed by atoms with Crippen molar-refractivity contribution in [1.82, 2.24) is 0 Å². The largest absolute Gasteiger partial charge is 0.396 e. The third-order valence-corrected chi connectivity index (χ3v) is 4.70. The van der Waals surface area contributed by atoms with Crippen molar-refractivity contribution in [2.24, 2.45) is 0 Å². The summed E-state index contributed by atoms with van der Waals surface area (Å²) in [5.41, 5.74) is 0. The van der Waals surface area contributed by atoms with Gasteiger partial charge >= 0.3 is 8.60 Å². The molecule has 0 radical (unpaired) electrons. The monoisotopic (exact) mass is 520 g/mol. The van der Waals surface area contributed by atoms with Crippen LogP contribution in [0.5, 0.6) is 0 Å². The first-order valence-corrected chi connectivity index (χ1v) is 14.2. The van der Waals surface area contributed by atoms with Crippen LogP contribution in [0, 0.1) is 0 Å². The number of aliphatic hydroxyl groups excluding tert-OH is 6. The van der Waals surface area contributed by atoms with Crippen LogP contribution < -0.4 is 0 Å². The van der Waals surface area contributed by atoms with Gasteiger partial charge in [-0.05, 0) is 38.5 Å². The van der Waals surface area contributed by atoms with Gasteiger partial charge in [-0.25, -0.2) is 0 Å². The molecule has 34 heavy (non-hydrogen) atoms. The maximum Gasteiger partial charge on any atom is 0.324 e. The lowest BCUT2D eigenvalue weighted by Gasteiger charge is -1.97. The Hall–Kier alpha value is 0.0700. The minimum atomic E-state index is -2.62. The topological polar surface area (TPSA) is 182 Å². The van der Waals surface area contributed by atoms with E-state index in [0.29, 0.717) is 39.6 Å². The lowest BCUT2D eigenvalue weighted by Crippen LogP contribution is -1.85. The van der Waals surface area contributed by atoms with Gasteiger partial charge in [0.15, 0.2) is 0 Å². The molecule has 0 aromatic carbocycles. The molecule has 0 rings (SSSR count). The van der Waals surface area contributed by atoms with Crippen LogP contribution >= 0.6 is 8.60 Å². The highest BCUT2D eigenvalue weighted by atomic mass is 31.2. The predicted octanol–water partition coefficient (Wildman–Crippen LogP) is 3.13. The lowest BCUT2D eigenvalue weighted by atomic mass is 10.1. The van der Waals surface area contributed by atoms with E-state index in [2.05, 4.69) is 0 Å². The number of aliphatic hydroxyl groups is 6. The Labute approximate surface area is 209 Å². The Morgan fingerprint density at radius 3 is 0.412 bits per heavy atom. The summed E-state index contributed by atoms with van der Waals surface area (Å²) in [5.74, 6) is 0. The van der Waals surface area contributed by atoms with Gasteiger partial charge in [0, 0.05) is 39.6 Å².